The number of halogens is 1. The predicted molar refractivity (Wildman–Crippen MR) is 143 cm³/mol. The summed E-state index contributed by atoms with van der Waals surface area (Å²) in [7, 11) is -4.30. The highest BCUT2D eigenvalue weighted by atomic mass is 31.2. The summed E-state index contributed by atoms with van der Waals surface area (Å²) >= 11 is 0. The number of aliphatic hydroxyl groups excluding tert-OH is 1. The van der Waals surface area contributed by atoms with Gasteiger partial charge in [0.2, 0.25) is 0 Å². The van der Waals surface area contributed by atoms with Crippen LogP contribution in [0.1, 0.15) is 45.8 Å². The molecular weight excluding hydrogens is 560 g/mol. The van der Waals surface area contributed by atoms with E-state index in [0.29, 0.717) is 24.9 Å². The molecule has 1 aliphatic carbocycles. The molecule has 41 heavy (non-hydrogen) atoms. The summed E-state index contributed by atoms with van der Waals surface area (Å²) in [5.41, 5.74) is -3.25. The van der Waals surface area contributed by atoms with Crippen molar-refractivity contribution in [2.24, 2.45) is 11.8 Å². The van der Waals surface area contributed by atoms with E-state index < -0.39 is 56.2 Å². The van der Waals surface area contributed by atoms with Crippen molar-refractivity contribution in [3.63, 3.8) is 0 Å². The van der Waals surface area contributed by atoms with E-state index in [1.807, 2.05) is 0 Å². The van der Waals surface area contributed by atoms with E-state index in [-0.39, 0.29) is 18.1 Å². The molecule has 14 heteroatoms. The fourth-order valence-electron chi connectivity index (χ4n) is 5.05. The quantitative estimate of drug-likeness (QED) is 0.390. The molecule has 2 fully saturated rings. The number of esters is 1. The number of alkyl halides is 1. The SMILES string of the molecule is C[C@H]1NP(=O)(Oc2ccccc2)OC[C@H]2O[C@@H](n3cc(cnc3=O)OCC3CC3CCCCOC1=O)[C@](C)(F)[C@@H]2O. The summed E-state index contributed by atoms with van der Waals surface area (Å²) in [4.78, 5) is 29.0. The summed E-state index contributed by atoms with van der Waals surface area (Å²) < 4.78 is 58.8. The van der Waals surface area contributed by atoms with Crippen molar-refractivity contribution >= 4 is 13.7 Å². The van der Waals surface area contributed by atoms with E-state index in [0.717, 1.165) is 30.8 Å². The minimum absolute atomic E-state index is 0.184. The molecule has 5 rings (SSSR count). The van der Waals surface area contributed by atoms with Crippen LogP contribution in [0.3, 0.4) is 0 Å². The first-order valence-electron chi connectivity index (χ1n) is 13.7. The standard InChI is InChI=1S/C27H35FN3O9P/c1-17-24(33)36-11-7-6-8-18-12-19(18)15-37-21-13-29-26(34)31(14-21)25-27(2,28)23(32)22(39-25)16-38-41(35,30-17)40-20-9-4-3-5-10-20/h3-5,9-10,13-14,17-19,22-23,25,32H,6-8,11-12,15-16H2,1-2H3,(H,30,35)/t17-,18?,19?,22-,23-,25-,27-,41?/m1/s1. The molecule has 1 aromatic heterocycles. The second kappa shape index (κ2) is 12.2. The highest BCUT2D eigenvalue weighted by Gasteiger charge is 2.56. The van der Waals surface area contributed by atoms with Crippen molar-refractivity contribution in [2.45, 2.75) is 69.7 Å². The number of rotatable bonds is 2. The molecular formula is C27H35FN3O9P. The van der Waals surface area contributed by atoms with Gasteiger partial charge in [-0.05, 0) is 63.5 Å². The summed E-state index contributed by atoms with van der Waals surface area (Å²) in [6, 6.07) is 7.06. The van der Waals surface area contributed by atoms with Gasteiger partial charge in [0, 0.05) is 0 Å². The lowest BCUT2D eigenvalue weighted by molar-refractivity contribution is -0.145. The normalized spacial score (nSPS) is 36.6. The first-order valence-corrected chi connectivity index (χ1v) is 15.3. The molecule has 2 aromatic rings. The smallest absolute Gasteiger partial charge is 0.459 e. The van der Waals surface area contributed by atoms with Crippen molar-refractivity contribution < 1.29 is 42.1 Å². The molecule has 0 spiro atoms. The van der Waals surface area contributed by atoms with Crippen LogP contribution in [0.5, 0.6) is 11.5 Å². The zero-order chi connectivity index (χ0) is 29.2. The minimum atomic E-state index is -4.30. The number of benzene rings is 1. The van der Waals surface area contributed by atoms with Crippen LogP contribution >= 0.6 is 7.75 Å². The summed E-state index contributed by atoms with van der Waals surface area (Å²) in [6.07, 6.45) is 1.34. The van der Waals surface area contributed by atoms with Gasteiger partial charge in [0.05, 0.1) is 32.2 Å². The number of aliphatic hydroxyl groups is 1. The molecule has 4 bridgehead atoms. The van der Waals surface area contributed by atoms with Crippen molar-refractivity contribution in [3.05, 3.63) is 53.2 Å². The summed E-state index contributed by atoms with van der Waals surface area (Å²) in [5.74, 6) is 0.617. The number of cyclic esters (lactones) is 1. The van der Waals surface area contributed by atoms with Crippen LogP contribution in [0.2, 0.25) is 0 Å². The lowest BCUT2D eigenvalue weighted by atomic mass is 9.98. The van der Waals surface area contributed by atoms with E-state index in [9.17, 15) is 19.3 Å². The Morgan fingerprint density at radius 1 is 1.17 bits per heavy atom. The highest BCUT2D eigenvalue weighted by Crippen LogP contribution is 2.48. The number of hydrogen-bond acceptors (Lipinski definition) is 10. The van der Waals surface area contributed by atoms with E-state index >= 15 is 4.39 Å². The number of nitrogens with zero attached hydrogens (tertiary/aromatic N) is 2. The summed E-state index contributed by atoms with van der Waals surface area (Å²) in [5, 5.41) is 13.4. The fourth-order valence-corrected chi connectivity index (χ4v) is 6.56. The molecule has 8 atom stereocenters. The minimum Gasteiger partial charge on any atom is -0.490 e. The molecule has 0 amide bonds. The first-order chi connectivity index (χ1) is 19.6. The van der Waals surface area contributed by atoms with Gasteiger partial charge in [-0.3, -0.25) is 13.9 Å². The molecule has 224 valence electrons. The van der Waals surface area contributed by atoms with Gasteiger partial charge in [-0.1, -0.05) is 18.2 Å². The lowest BCUT2D eigenvalue weighted by Gasteiger charge is -2.25. The molecule has 1 saturated carbocycles. The maximum atomic E-state index is 15.9. The maximum Gasteiger partial charge on any atom is 0.459 e. The van der Waals surface area contributed by atoms with Crippen LogP contribution in [0.4, 0.5) is 4.39 Å². The van der Waals surface area contributed by atoms with Crippen LogP contribution in [0.15, 0.2) is 47.5 Å². The first kappa shape index (κ1) is 29.7. The number of nitrogens with one attached hydrogen (secondary N) is 1. The number of fused-ring (bicyclic) bond motifs is 6. The Labute approximate surface area is 236 Å². The predicted octanol–water partition coefficient (Wildman–Crippen LogP) is 3.15. The van der Waals surface area contributed by atoms with Gasteiger partial charge in [-0.25, -0.2) is 13.8 Å². The Bertz CT molecular complexity index is 1330. The molecule has 3 aliphatic rings. The Morgan fingerprint density at radius 3 is 2.73 bits per heavy atom. The number of ether oxygens (including phenoxy) is 3. The Hall–Kier alpha value is -2.83. The van der Waals surface area contributed by atoms with Crippen LogP contribution in [-0.2, 0) is 23.4 Å². The second-order valence-corrected chi connectivity index (χ2v) is 12.6. The Kier molecular flexibility index (Phi) is 8.81. The molecule has 2 aliphatic heterocycles. The lowest BCUT2D eigenvalue weighted by Crippen LogP contribution is -2.43. The van der Waals surface area contributed by atoms with Crippen molar-refractivity contribution in [1.29, 1.82) is 0 Å². The topological polar surface area (TPSA) is 147 Å². The van der Waals surface area contributed by atoms with Gasteiger partial charge in [-0.15, -0.1) is 0 Å². The van der Waals surface area contributed by atoms with Gasteiger partial charge >= 0.3 is 19.4 Å². The molecule has 2 N–H and O–H groups in total. The molecule has 12 nitrogen and oxygen atoms in total. The number of carbonyl (C=O) groups excluding carboxylic acids is 1. The van der Waals surface area contributed by atoms with Crippen LogP contribution in [-0.4, -0.2) is 64.4 Å². The van der Waals surface area contributed by atoms with Crippen LogP contribution in [0.25, 0.3) is 0 Å². The highest BCUT2D eigenvalue weighted by molar-refractivity contribution is 7.52. The monoisotopic (exact) mass is 595 g/mol. The van der Waals surface area contributed by atoms with E-state index in [2.05, 4.69) is 10.1 Å². The van der Waals surface area contributed by atoms with E-state index in [1.54, 1.807) is 30.3 Å². The van der Waals surface area contributed by atoms with Gasteiger partial charge < -0.3 is 23.8 Å². The zero-order valence-electron chi connectivity index (χ0n) is 22.9. The molecule has 0 radical (unpaired) electrons. The van der Waals surface area contributed by atoms with Gasteiger partial charge in [-0.2, -0.15) is 10.1 Å². The van der Waals surface area contributed by atoms with Gasteiger partial charge in [0.1, 0.15) is 24.0 Å². The zero-order valence-corrected chi connectivity index (χ0v) is 23.8. The van der Waals surface area contributed by atoms with E-state index in [4.69, 9.17) is 23.3 Å². The van der Waals surface area contributed by atoms with E-state index in [1.165, 1.54) is 19.3 Å². The average molecular weight is 596 g/mol. The number of carbonyl (C=O) groups is 1. The van der Waals surface area contributed by atoms with Crippen LogP contribution < -0.4 is 20.0 Å². The number of aromatic nitrogens is 2. The number of para-hydroxylation sites is 1. The third kappa shape index (κ3) is 6.98. The number of hydrogen-bond donors (Lipinski definition) is 2. The van der Waals surface area contributed by atoms with Gasteiger partial charge in [0.15, 0.2) is 17.6 Å². The second-order valence-electron chi connectivity index (χ2n) is 10.9. The van der Waals surface area contributed by atoms with Crippen molar-refractivity contribution in [3.8, 4) is 11.5 Å². The van der Waals surface area contributed by atoms with Gasteiger partial charge in [0.25, 0.3) is 0 Å². The largest absolute Gasteiger partial charge is 0.490 e. The Balaban J connectivity index is 1.40. The van der Waals surface area contributed by atoms with Crippen molar-refractivity contribution in [2.75, 3.05) is 19.8 Å². The summed E-state index contributed by atoms with van der Waals surface area (Å²) in [6.45, 7) is 2.56. The van der Waals surface area contributed by atoms with Crippen molar-refractivity contribution in [1.82, 2.24) is 14.6 Å². The molecule has 3 heterocycles. The molecule has 1 aromatic carbocycles. The average Bonchev–Trinajstić information content (AvgIpc) is 3.65. The fraction of sp³-hybridized carbons (Fsp3) is 0.593. The Morgan fingerprint density at radius 2 is 1.95 bits per heavy atom. The third-order valence-electron chi connectivity index (χ3n) is 7.59. The maximum absolute atomic E-state index is 15.9. The molecule has 1 saturated heterocycles. The van der Waals surface area contributed by atoms with Crippen LogP contribution in [0, 0.1) is 11.8 Å². The third-order valence-corrected chi connectivity index (χ3v) is 9.23. The molecule has 3 unspecified atom stereocenters.